The van der Waals surface area contributed by atoms with Gasteiger partial charge >= 0.3 is 5.97 Å². The number of hydrogen-bond acceptors (Lipinski definition) is 3. The Morgan fingerprint density at radius 2 is 2.20 bits per heavy atom. The Morgan fingerprint density at radius 3 is 2.85 bits per heavy atom. The summed E-state index contributed by atoms with van der Waals surface area (Å²) in [6.45, 7) is 4.12. The van der Waals surface area contributed by atoms with Gasteiger partial charge in [0, 0.05) is 18.3 Å². The van der Waals surface area contributed by atoms with Crippen molar-refractivity contribution in [3.63, 3.8) is 0 Å². The summed E-state index contributed by atoms with van der Waals surface area (Å²) in [4.78, 5) is 29.5. The molecule has 0 aliphatic carbocycles. The molecule has 1 N–H and O–H groups in total. The summed E-state index contributed by atoms with van der Waals surface area (Å²) in [5, 5.41) is 9.00. The van der Waals surface area contributed by atoms with Crippen LogP contribution in [0.2, 0.25) is 0 Å². The highest BCUT2D eigenvalue weighted by Crippen LogP contribution is 2.26. The number of aromatic carboxylic acids is 1. The fourth-order valence-electron chi connectivity index (χ4n) is 2.87. The summed E-state index contributed by atoms with van der Waals surface area (Å²) >= 11 is 0. The van der Waals surface area contributed by atoms with E-state index in [1.54, 1.807) is 0 Å². The summed E-state index contributed by atoms with van der Waals surface area (Å²) < 4.78 is 0. The molecule has 5 nitrogen and oxygen atoms in total. The van der Waals surface area contributed by atoms with Gasteiger partial charge in [0.2, 0.25) is 0 Å². The number of amides is 1. The number of carboxylic acid groups (broad SMARTS) is 1. The molecular weight excluding hydrogens is 256 g/mol. The van der Waals surface area contributed by atoms with Crippen LogP contribution in [0.25, 0.3) is 0 Å². The van der Waals surface area contributed by atoms with Crippen molar-refractivity contribution in [2.45, 2.75) is 51.6 Å². The van der Waals surface area contributed by atoms with Crippen LogP contribution in [0.1, 0.15) is 60.4 Å². The van der Waals surface area contributed by atoms with Crippen molar-refractivity contribution in [1.29, 1.82) is 0 Å². The second-order valence-electron chi connectivity index (χ2n) is 5.29. The predicted octanol–water partition coefficient (Wildman–Crippen LogP) is 2.57. The number of pyridine rings is 1. The standard InChI is InChI=1S/C15H20N2O3/c1-3-12-6-4-5-10(2)17(12)14(18)13-9-11(15(19)20)7-8-16-13/h7-10,12H,3-6H2,1-2H3,(H,19,20)/t10-,12+/m0/s1. The highest BCUT2D eigenvalue weighted by atomic mass is 16.4. The minimum Gasteiger partial charge on any atom is -0.478 e. The number of nitrogens with zero attached hydrogens (tertiary/aromatic N) is 2. The number of carbonyl (C=O) groups is 2. The molecule has 1 aliphatic heterocycles. The zero-order valence-corrected chi connectivity index (χ0v) is 11.9. The molecule has 1 aliphatic rings. The van der Waals surface area contributed by atoms with Crippen molar-refractivity contribution in [2.75, 3.05) is 0 Å². The first-order valence-electron chi connectivity index (χ1n) is 7.06. The Labute approximate surface area is 118 Å². The van der Waals surface area contributed by atoms with E-state index in [1.807, 2.05) is 11.8 Å². The summed E-state index contributed by atoms with van der Waals surface area (Å²) in [6.07, 6.45) is 5.42. The quantitative estimate of drug-likeness (QED) is 0.921. The number of rotatable bonds is 3. The largest absolute Gasteiger partial charge is 0.478 e. The third-order valence-corrected chi connectivity index (χ3v) is 3.96. The van der Waals surface area contributed by atoms with Gasteiger partial charge in [-0.05, 0) is 44.7 Å². The van der Waals surface area contributed by atoms with Crippen LogP contribution >= 0.6 is 0 Å². The van der Waals surface area contributed by atoms with Crippen LogP contribution in [0.5, 0.6) is 0 Å². The molecule has 1 saturated heterocycles. The molecule has 1 amide bonds. The van der Waals surface area contributed by atoms with Gasteiger partial charge in [0.15, 0.2) is 0 Å². The van der Waals surface area contributed by atoms with Crippen molar-refractivity contribution in [3.8, 4) is 0 Å². The molecule has 0 unspecified atom stereocenters. The van der Waals surface area contributed by atoms with Crippen molar-refractivity contribution in [1.82, 2.24) is 9.88 Å². The minimum atomic E-state index is -1.04. The number of carboxylic acids is 1. The molecule has 2 heterocycles. The first-order valence-corrected chi connectivity index (χ1v) is 7.06. The van der Waals surface area contributed by atoms with E-state index < -0.39 is 5.97 Å². The van der Waals surface area contributed by atoms with Crippen LogP contribution in [0.15, 0.2) is 18.3 Å². The first kappa shape index (κ1) is 14.5. The van der Waals surface area contributed by atoms with Gasteiger partial charge in [-0.3, -0.25) is 9.78 Å². The topological polar surface area (TPSA) is 70.5 Å². The lowest BCUT2D eigenvalue weighted by Crippen LogP contribution is -2.48. The average Bonchev–Trinajstić information content (AvgIpc) is 2.46. The van der Waals surface area contributed by atoms with E-state index in [4.69, 9.17) is 5.11 Å². The molecule has 1 aromatic heterocycles. The van der Waals surface area contributed by atoms with E-state index in [2.05, 4.69) is 11.9 Å². The Morgan fingerprint density at radius 1 is 1.45 bits per heavy atom. The van der Waals surface area contributed by atoms with E-state index in [1.165, 1.54) is 18.3 Å². The Hall–Kier alpha value is -1.91. The molecule has 2 rings (SSSR count). The number of hydrogen-bond donors (Lipinski definition) is 1. The number of carbonyl (C=O) groups excluding carboxylic acids is 1. The second-order valence-corrected chi connectivity index (χ2v) is 5.29. The Bertz CT molecular complexity index is 516. The van der Waals surface area contributed by atoms with Crippen LogP contribution in [-0.2, 0) is 0 Å². The monoisotopic (exact) mass is 276 g/mol. The van der Waals surface area contributed by atoms with Crippen LogP contribution < -0.4 is 0 Å². The molecule has 108 valence electrons. The van der Waals surface area contributed by atoms with Gasteiger partial charge < -0.3 is 10.0 Å². The third-order valence-electron chi connectivity index (χ3n) is 3.96. The third kappa shape index (κ3) is 2.81. The maximum absolute atomic E-state index is 12.6. The van der Waals surface area contributed by atoms with Gasteiger partial charge in [-0.15, -0.1) is 0 Å². The van der Waals surface area contributed by atoms with Crippen LogP contribution in [-0.4, -0.2) is 39.0 Å². The van der Waals surface area contributed by atoms with E-state index >= 15 is 0 Å². The predicted molar refractivity (Wildman–Crippen MR) is 74.8 cm³/mol. The van der Waals surface area contributed by atoms with E-state index in [9.17, 15) is 9.59 Å². The van der Waals surface area contributed by atoms with Crippen molar-refractivity contribution < 1.29 is 14.7 Å². The van der Waals surface area contributed by atoms with Gasteiger partial charge in [0.1, 0.15) is 5.69 Å². The molecule has 2 atom stereocenters. The molecule has 0 aromatic carbocycles. The van der Waals surface area contributed by atoms with Crippen molar-refractivity contribution in [3.05, 3.63) is 29.6 Å². The molecule has 20 heavy (non-hydrogen) atoms. The van der Waals surface area contributed by atoms with Gasteiger partial charge in [-0.2, -0.15) is 0 Å². The maximum atomic E-state index is 12.6. The minimum absolute atomic E-state index is 0.0982. The molecule has 1 fully saturated rings. The highest BCUT2D eigenvalue weighted by molar-refractivity contribution is 5.96. The van der Waals surface area contributed by atoms with Crippen molar-refractivity contribution >= 4 is 11.9 Å². The SMILES string of the molecule is CC[C@@H]1CCC[C@H](C)N1C(=O)c1cc(C(=O)O)ccn1. The van der Waals surface area contributed by atoms with E-state index in [0.717, 1.165) is 25.7 Å². The fourth-order valence-corrected chi connectivity index (χ4v) is 2.87. The maximum Gasteiger partial charge on any atom is 0.335 e. The van der Waals surface area contributed by atoms with E-state index in [-0.39, 0.29) is 29.2 Å². The molecule has 0 spiro atoms. The van der Waals surface area contributed by atoms with Crippen LogP contribution in [0.4, 0.5) is 0 Å². The number of aromatic nitrogens is 1. The van der Waals surface area contributed by atoms with Gasteiger partial charge in [-0.1, -0.05) is 6.92 Å². The summed E-state index contributed by atoms with van der Waals surface area (Å²) in [6, 6.07) is 3.16. The zero-order valence-electron chi connectivity index (χ0n) is 11.9. The van der Waals surface area contributed by atoms with Gasteiger partial charge in [-0.25, -0.2) is 4.79 Å². The Balaban J connectivity index is 2.29. The molecular formula is C15H20N2O3. The average molecular weight is 276 g/mol. The summed E-state index contributed by atoms with van der Waals surface area (Å²) in [7, 11) is 0. The van der Waals surface area contributed by atoms with Crippen LogP contribution in [0.3, 0.4) is 0 Å². The Kier molecular flexibility index (Phi) is 4.37. The second kappa shape index (κ2) is 6.03. The summed E-state index contributed by atoms with van der Waals surface area (Å²) in [5.74, 6) is -1.20. The number of piperidine rings is 1. The summed E-state index contributed by atoms with van der Waals surface area (Å²) in [5.41, 5.74) is 0.318. The van der Waals surface area contributed by atoms with Gasteiger partial charge in [0.25, 0.3) is 5.91 Å². The molecule has 1 aromatic rings. The van der Waals surface area contributed by atoms with E-state index in [0.29, 0.717) is 0 Å². The van der Waals surface area contributed by atoms with Crippen LogP contribution in [0, 0.1) is 0 Å². The lowest BCUT2D eigenvalue weighted by Gasteiger charge is -2.40. The molecule has 0 radical (unpaired) electrons. The molecule has 0 bridgehead atoms. The first-order chi connectivity index (χ1) is 9.54. The zero-order chi connectivity index (χ0) is 14.7. The normalized spacial score (nSPS) is 22.6. The van der Waals surface area contributed by atoms with Crippen molar-refractivity contribution in [2.24, 2.45) is 0 Å². The fraction of sp³-hybridized carbons (Fsp3) is 0.533. The highest BCUT2D eigenvalue weighted by Gasteiger charge is 2.32. The smallest absolute Gasteiger partial charge is 0.335 e. The number of likely N-dealkylation sites (tertiary alicyclic amines) is 1. The molecule has 5 heteroatoms. The lowest BCUT2D eigenvalue weighted by molar-refractivity contribution is 0.0467. The lowest BCUT2D eigenvalue weighted by atomic mass is 9.94. The van der Waals surface area contributed by atoms with Gasteiger partial charge in [0.05, 0.1) is 5.56 Å². The molecule has 0 saturated carbocycles.